The maximum Gasteiger partial charge on any atom is 0.339 e. The minimum atomic E-state index is -4.01. The molecule has 0 aliphatic heterocycles. The number of hydrogen-bond acceptors (Lipinski definition) is 6. The Kier molecular flexibility index (Phi) is 7.17. The molecule has 0 atom stereocenters. The van der Waals surface area contributed by atoms with E-state index < -0.39 is 10.1 Å². The zero-order chi connectivity index (χ0) is 23.1. The molecule has 166 valence electrons. The van der Waals surface area contributed by atoms with Gasteiger partial charge in [0.2, 0.25) is 5.91 Å². The van der Waals surface area contributed by atoms with Crippen molar-refractivity contribution < 1.29 is 26.9 Å². The average molecular weight is 454 g/mol. The van der Waals surface area contributed by atoms with Crippen LogP contribution in [0.4, 0.5) is 5.69 Å². The summed E-state index contributed by atoms with van der Waals surface area (Å²) in [6.45, 7) is 1.86. The second kappa shape index (κ2) is 10.0. The van der Waals surface area contributed by atoms with E-state index in [4.69, 9.17) is 13.7 Å². The molecule has 0 spiro atoms. The van der Waals surface area contributed by atoms with Crippen LogP contribution in [0.2, 0.25) is 0 Å². The Balaban J connectivity index is 1.71. The molecule has 0 aliphatic rings. The summed E-state index contributed by atoms with van der Waals surface area (Å²) in [6.07, 6.45) is 2.95. The van der Waals surface area contributed by atoms with Gasteiger partial charge in [-0.3, -0.25) is 4.79 Å². The number of benzene rings is 3. The minimum absolute atomic E-state index is 0.0457. The van der Waals surface area contributed by atoms with Crippen LogP contribution in [0.5, 0.6) is 17.2 Å². The number of carbonyl (C=O) groups excluding carboxylic acids is 1. The van der Waals surface area contributed by atoms with Crippen LogP contribution in [0.25, 0.3) is 6.08 Å². The molecule has 32 heavy (non-hydrogen) atoms. The zero-order valence-electron chi connectivity index (χ0n) is 17.9. The molecule has 0 unspecified atom stereocenters. The van der Waals surface area contributed by atoms with E-state index in [9.17, 15) is 13.2 Å². The van der Waals surface area contributed by atoms with Gasteiger partial charge in [0.05, 0.1) is 14.2 Å². The van der Waals surface area contributed by atoms with Crippen LogP contribution in [0.1, 0.15) is 11.1 Å². The highest BCUT2D eigenvalue weighted by atomic mass is 32.2. The summed E-state index contributed by atoms with van der Waals surface area (Å²) in [6, 6.07) is 18.0. The zero-order valence-corrected chi connectivity index (χ0v) is 18.7. The summed E-state index contributed by atoms with van der Waals surface area (Å²) in [5, 5.41) is 2.74. The molecule has 8 heteroatoms. The number of methoxy groups -OCH3 is 2. The first-order valence-corrected chi connectivity index (χ1v) is 11.0. The number of carbonyl (C=O) groups is 1. The van der Waals surface area contributed by atoms with Crippen LogP contribution in [0.15, 0.2) is 77.7 Å². The molecule has 0 saturated carbocycles. The summed E-state index contributed by atoms with van der Waals surface area (Å²) in [5.74, 6) is 0.639. The molecule has 0 heterocycles. The topological polar surface area (TPSA) is 90.9 Å². The first kappa shape index (κ1) is 22.9. The van der Waals surface area contributed by atoms with Crippen LogP contribution >= 0.6 is 0 Å². The molecule has 1 amide bonds. The van der Waals surface area contributed by atoms with E-state index >= 15 is 0 Å². The normalized spacial score (nSPS) is 11.2. The van der Waals surface area contributed by atoms with Gasteiger partial charge in [-0.05, 0) is 67.1 Å². The number of nitrogens with one attached hydrogen (secondary N) is 1. The van der Waals surface area contributed by atoms with Crippen LogP contribution < -0.4 is 19.0 Å². The monoisotopic (exact) mass is 453 g/mol. The molecule has 3 rings (SSSR count). The first-order chi connectivity index (χ1) is 15.3. The molecule has 3 aromatic rings. The van der Waals surface area contributed by atoms with Crippen LogP contribution in [0, 0.1) is 6.92 Å². The quantitative estimate of drug-likeness (QED) is 0.401. The van der Waals surface area contributed by atoms with Crippen molar-refractivity contribution in [3.63, 3.8) is 0 Å². The maximum absolute atomic E-state index is 12.5. The lowest BCUT2D eigenvalue weighted by Gasteiger charge is -2.11. The van der Waals surface area contributed by atoms with Crippen molar-refractivity contribution in [3.05, 3.63) is 83.9 Å². The van der Waals surface area contributed by atoms with Crippen molar-refractivity contribution in [2.75, 3.05) is 19.5 Å². The number of amides is 1. The number of hydrogen-bond donors (Lipinski definition) is 1. The highest BCUT2D eigenvalue weighted by Crippen LogP contribution is 2.31. The largest absolute Gasteiger partial charge is 0.497 e. The molecule has 0 bridgehead atoms. The summed E-state index contributed by atoms with van der Waals surface area (Å²) in [5.41, 5.74) is 2.20. The van der Waals surface area contributed by atoms with E-state index in [0.717, 1.165) is 5.56 Å². The van der Waals surface area contributed by atoms with Gasteiger partial charge < -0.3 is 19.0 Å². The van der Waals surface area contributed by atoms with Crippen molar-refractivity contribution in [1.29, 1.82) is 0 Å². The third-order valence-corrected chi connectivity index (χ3v) is 5.73. The van der Waals surface area contributed by atoms with E-state index in [1.807, 2.05) is 6.92 Å². The number of aryl methyl sites for hydroxylation is 1. The van der Waals surface area contributed by atoms with Crippen molar-refractivity contribution in [2.24, 2.45) is 0 Å². The molecule has 0 fully saturated rings. The van der Waals surface area contributed by atoms with E-state index in [1.165, 1.54) is 31.4 Å². The standard InChI is InChI=1S/C24H23NO6S/c1-17-4-12-21(13-5-17)32(27,28)31-22-14-6-18(16-23(22)30-3)7-15-24(26)25-19-8-10-20(29-2)11-9-19/h4-16H,1-3H3,(H,25,26)/b15-7+. The van der Waals surface area contributed by atoms with Crippen LogP contribution in [0.3, 0.4) is 0 Å². The predicted octanol–water partition coefficient (Wildman–Crippen LogP) is 4.43. The Labute approximate surface area is 187 Å². The summed E-state index contributed by atoms with van der Waals surface area (Å²) in [4.78, 5) is 12.2. The Morgan fingerprint density at radius 3 is 2.19 bits per heavy atom. The SMILES string of the molecule is COc1ccc(NC(=O)/C=C/c2ccc(OS(=O)(=O)c3ccc(C)cc3)c(OC)c2)cc1. The Morgan fingerprint density at radius 1 is 0.875 bits per heavy atom. The number of ether oxygens (including phenoxy) is 2. The fourth-order valence-corrected chi connectivity index (χ4v) is 3.70. The van der Waals surface area contributed by atoms with Gasteiger partial charge in [0, 0.05) is 11.8 Å². The lowest BCUT2D eigenvalue weighted by atomic mass is 10.2. The van der Waals surface area contributed by atoms with Crippen molar-refractivity contribution >= 4 is 27.8 Å². The minimum Gasteiger partial charge on any atom is -0.497 e. The van der Waals surface area contributed by atoms with Gasteiger partial charge in [0.1, 0.15) is 10.6 Å². The molecule has 7 nitrogen and oxygen atoms in total. The number of anilines is 1. The van der Waals surface area contributed by atoms with Crippen molar-refractivity contribution in [3.8, 4) is 17.2 Å². The van der Waals surface area contributed by atoms with Gasteiger partial charge in [-0.1, -0.05) is 23.8 Å². The molecule has 0 aromatic heterocycles. The molecular formula is C24H23NO6S. The first-order valence-electron chi connectivity index (χ1n) is 9.63. The van der Waals surface area contributed by atoms with Gasteiger partial charge in [-0.2, -0.15) is 8.42 Å². The highest BCUT2D eigenvalue weighted by Gasteiger charge is 2.19. The molecule has 3 aromatic carbocycles. The average Bonchev–Trinajstić information content (AvgIpc) is 2.79. The third kappa shape index (κ3) is 5.89. The lowest BCUT2D eigenvalue weighted by Crippen LogP contribution is -2.10. The molecular weight excluding hydrogens is 430 g/mol. The van der Waals surface area contributed by atoms with E-state index in [-0.39, 0.29) is 22.3 Å². The van der Waals surface area contributed by atoms with Gasteiger partial charge in [-0.25, -0.2) is 0 Å². The van der Waals surface area contributed by atoms with Gasteiger partial charge in [0.15, 0.2) is 11.5 Å². The van der Waals surface area contributed by atoms with Gasteiger partial charge in [0.25, 0.3) is 0 Å². The summed E-state index contributed by atoms with van der Waals surface area (Å²) < 4.78 is 40.7. The molecule has 0 aliphatic carbocycles. The van der Waals surface area contributed by atoms with Gasteiger partial charge in [-0.15, -0.1) is 0 Å². The van der Waals surface area contributed by atoms with Crippen LogP contribution in [-0.4, -0.2) is 28.5 Å². The fraction of sp³-hybridized carbons (Fsp3) is 0.125. The Morgan fingerprint density at radius 2 is 1.56 bits per heavy atom. The fourth-order valence-electron chi connectivity index (χ4n) is 2.76. The smallest absolute Gasteiger partial charge is 0.339 e. The third-order valence-electron chi connectivity index (χ3n) is 4.48. The van der Waals surface area contributed by atoms with E-state index in [0.29, 0.717) is 17.0 Å². The Hall–Kier alpha value is -3.78. The predicted molar refractivity (Wildman–Crippen MR) is 123 cm³/mol. The molecule has 0 saturated heterocycles. The lowest BCUT2D eigenvalue weighted by molar-refractivity contribution is -0.111. The van der Waals surface area contributed by atoms with Crippen LogP contribution in [-0.2, 0) is 14.9 Å². The molecule has 0 radical (unpaired) electrons. The highest BCUT2D eigenvalue weighted by molar-refractivity contribution is 7.87. The van der Waals surface area contributed by atoms with E-state index in [1.54, 1.807) is 61.7 Å². The maximum atomic E-state index is 12.5. The molecule has 1 N–H and O–H groups in total. The second-order valence-corrected chi connectivity index (χ2v) is 8.36. The summed E-state index contributed by atoms with van der Waals surface area (Å²) >= 11 is 0. The Bertz CT molecular complexity index is 1220. The second-order valence-electron chi connectivity index (χ2n) is 6.81. The van der Waals surface area contributed by atoms with E-state index in [2.05, 4.69) is 5.32 Å². The van der Waals surface area contributed by atoms with Crippen molar-refractivity contribution in [2.45, 2.75) is 11.8 Å². The summed E-state index contributed by atoms with van der Waals surface area (Å²) in [7, 11) is -1.04. The number of rotatable bonds is 8. The van der Waals surface area contributed by atoms with Crippen molar-refractivity contribution in [1.82, 2.24) is 0 Å². The van der Waals surface area contributed by atoms with Gasteiger partial charge >= 0.3 is 10.1 Å².